The highest BCUT2D eigenvalue weighted by molar-refractivity contribution is 7.99. The van der Waals surface area contributed by atoms with Gasteiger partial charge in [-0.2, -0.15) is 0 Å². The van der Waals surface area contributed by atoms with E-state index in [0.717, 1.165) is 22.3 Å². The van der Waals surface area contributed by atoms with Crippen LogP contribution >= 0.6 is 11.8 Å². The summed E-state index contributed by atoms with van der Waals surface area (Å²) < 4.78 is 13.0. The molecule has 1 aliphatic heterocycles. The molecule has 39 heavy (non-hydrogen) atoms. The predicted octanol–water partition coefficient (Wildman–Crippen LogP) is 5.48. The number of benzene rings is 3. The van der Waals surface area contributed by atoms with E-state index in [2.05, 4.69) is 22.2 Å². The first-order valence-electron chi connectivity index (χ1n) is 12.9. The molecule has 1 amide bonds. The minimum atomic E-state index is -0.557. The zero-order chi connectivity index (χ0) is 27.0. The summed E-state index contributed by atoms with van der Waals surface area (Å²) in [4.78, 5) is 21.1. The zero-order valence-electron chi connectivity index (χ0n) is 21.6. The minimum absolute atomic E-state index is 0.00157. The van der Waals surface area contributed by atoms with Gasteiger partial charge in [-0.15, -0.1) is 0 Å². The monoisotopic (exact) mass is 541 g/mol. The number of hydrogen-bond donors (Lipinski definition) is 2. The molecule has 1 aliphatic rings. The smallest absolute Gasteiger partial charge is 0.251 e. The van der Waals surface area contributed by atoms with Gasteiger partial charge in [-0.1, -0.05) is 85.4 Å². The van der Waals surface area contributed by atoms with E-state index in [1.165, 1.54) is 0 Å². The molecule has 0 radical (unpaired) electrons. The van der Waals surface area contributed by atoms with Crippen molar-refractivity contribution in [2.75, 3.05) is 5.75 Å². The molecule has 4 aromatic rings. The standard InChI is InChI=1S/C31H31N3O4S/c1-21-27(20-39-31-32-16-5-17-33-31)37-30(38-28(21)24-12-10-23(19-35)11-13-24)26-14-8-22(9-15-26)18-34-29(36)25-6-3-2-4-7-25/h2-17,21,27-28,30,35H,18-20H2,1H3,(H,34,36). The number of aliphatic hydroxyl groups is 1. The molecule has 0 saturated carbocycles. The molecule has 0 aliphatic carbocycles. The van der Waals surface area contributed by atoms with E-state index in [0.29, 0.717) is 23.0 Å². The average molecular weight is 542 g/mol. The van der Waals surface area contributed by atoms with E-state index in [1.54, 1.807) is 42.4 Å². The molecule has 3 aromatic carbocycles. The molecular weight excluding hydrogens is 510 g/mol. The van der Waals surface area contributed by atoms with E-state index >= 15 is 0 Å². The third-order valence-electron chi connectivity index (χ3n) is 6.78. The van der Waals surface area contributed by atoms with Crippen LogP contribution in [0.4, 0.5) is 0 Å². The van der Waals surface area contributed by atoms with Crippen LogP contribution in [-0.4, -0.2) is 32.8 Å². The Balaban J connectivity index is 1.30. The van der Waals surface area contributed by atoms with Crippen molar-refractivity contribution in [2.24, 2.45) is 5.92 Å². The predicted molar refractivity (Wildman–Crippen MR) is 150 cm³/mol. The van der Waals surface area contributed by atoms with Crippen molar-refractivity contribution in [3.05, 3.63) is 125 Å². The van der Waals surface area contributed by atoms with Crippen LogP contribution < -0.4 is 5.32 Å². The number of hydrogen-bond acceptors (Lipinski definition) is 7. The Hall–Kier alpha value is -3.56. The van der Waals surface area contributed by atoms with Crippen molar-refractivity contribution >= 4 is 17.7 Å². The van der Waals surface area contributed by atoms with Gasteiger partial charge in [-0.25, -0.2) is 9.97 Å². The molecule has 0 spiro atoms. The molecule has 2 heterocycles. The SMILES string of the molecule is CC1C(CSc2ncccn2)OC(c2ccc(CNC(=O)c3ccccc3)cc2)OC1c1ccc(CO)cc1. The Morgan fingerprint density at radius 3 is 2.23 bits per heavy atom. The second-order valence-electron chi connectivity index (χ2n) is 9.45. The first-order valence-corrected chi connectivity index (χ1v) is 13.9. The number of carbonyl (C=O) groups is 1. The maximum absolute atomic E-state index is 12.4. The van der Waals surface area contributed by atoms with Gasteiger partial charge in [-0.3, -0.25) is 4.79 Å². The van der Waals surface area contributed by atoms with Gasteiger partial charge in [-0.05, 0) is 34.9 Å². The number of rotatable bonds is 9. The molecule has 0 bridgehead atoms. The third-order valence-corrected chi connectivity index (χ3v) is 7.75. The summed E-state index contributed by atoms with van der Waals surface area (Å²) in [6.07, 6.45) is 2.62. The fraction of sp³-hybridized carbons (Fsp3) is 0.258. The van der Waals surface area contributed by atoms with Crippen LogP contribution in [0, 0.1) is 5.92 Å². The van der Waals surface area contributed by atoms with Crippen LogP contribution in [0.2, 0.25) is 0 Å². The molecule has 8 heteroatoms. The van der Waals surface area contributed by atoms with Gasteiger partial charge in [0.2, 0.25) is 0 Å². The summed E-state index contributed by atoms with van der Waals surface area (Å²) in [6, 6.07) is 26.8. The maximum atomic E-state index is 12.4. The first-order chi connectivity index (χ1) is 19.1. The van der Waals surface area contributed by atoms with E-state index in [-0.39, 0.29) is 30.6 Å². The van der Waals surface area contributed by atoms with Crippen molar-refractivity contribution in [1.82, 2.24) is 15.3 Å². The molecule has 4 unspecified atom stereocenters. The molecule has 5 rings (SSSR count). The van der Waals surface area contributed by atoms with Gasteiger partial charge < -0.3 is 19.9 Å². The largest absolute Gasteiger partial charge is 0.392 e. The van der Waals surface area contributed by atoms with E-state index in [9.17, 15) is 9.90 Å². The lowest BCUT2D eigenvalue weighted by atomic mass is 9.91. The van der Waals surface area contributed by atoms with Gasteiger partial charge in [0.25, 0.3) is 5.91 Å². The number of ether oxygens (including phenoxy) is 2. The number of thioether (sulfide) groups is 1. The number of nitrogens with zero attached hydrogens (tertiary/aromatic N) is 2. The van der Waals surface area contributed by atoms with Gasteiger partial charge >= 0.3 is 0 Å². The quantitative estimate of drug-likeness (QED) is 0.214. The Morgan fingerprint density at radius 1 is 0.872 bits per heavy atom. The van der Waals surface area contributed by atoms with Crippen LogP contribution in [-0.2, 0) is 22.6 Å². The summed E-state index contributed by atoms with van der Waals surface area (Å²) in [5.41, 5.74) is 4.42. The van der Waals surface area contributed by atoms with Crippen LogP contribution in [0.3, 0.4) is 0 Å². The normalized spacial score (nSPS) is 20.9. The summed E-state index contributed by atoms with van der Waals surface area (Å²) in [6.45, 7) is 2.56. The van der Waals surface area contributed by atoms with Crippen molar-refractivity contribution in [3.63, 3.8) is 0 Å². The Labute approximate surface area is 232 Å². The van der Waals surface area contributed by atoms with Crippen LogP contribution in [0.25, 0.3) is 0 Å². The molecule has 200 valence electrons. The number of aliphatic hydroxyl groups excluding tert-OH is 1. The lowest BCUT2D eigenvalue weighted by Gasteiger charge is -2.41. The first kappa shape index (κ1) is 27.0. The van der Waals surface area contributed by atoms with Gasteiger partial charge in [0.15, 0.2) is 11.4 Å². The zero-order valence-corrected chi connectivity index (χ0v) is 22.5. The summed E-state index contributed by atoms with van der Waals surface area (Å²) in [7, 11) is 0. The third kappa shape index (κ3) is 6.91. The van der Waals surface area contributed by atoms with Gasteiger partial charge in [0, 0.05) is 41.7 Å². The topological polar surface area (TPSA) is 93.6 Å². The average Bonchev–Trinajstić information content (AvgIpc) is 3.00. The van der Waals surface area contributed by atoms with Gasteiger partial charge in [0.05, 0.1) is 18.8 Å². The van der Waals surface area contributed by atoms with Crippen LogP contribution in [0.5, 0.6) is 0 Å². The molecule has 7 nitrogen and oxygen atoms in total. The van der Waals surface area contributed by atoms with E-state index in [4.69, 9.17) is 9.47 Å². The van der Waals surface area contributed by atoms with E-state index < -0.39 is 6.29 Å². The summed E-state index contributed by atoms with van der Waals surface area (Å²) in [5, 5.41) is 13.1. The lowest BCUT2D eigenvalue weighted by Crippen LogP contribution is -2.38. The number of amides is 1. The Bertz CT molecular complexity index is 1340. The lowest BCUT2D eigenvalue weighted by molar-refractivity contribution is -0.268. The molecule has 4 atom stereocenters. The van der Waals surface area contributed by atoms with Crippen molar-refractivity contribution in [1.29, 1.82) is 0 Å². The molecule has 2 N–H and O–H groups in total. The van der Waals surface area contributed by atoms with Crippen LogP contribution in [0.1, 0.15) is 51.9 Å². The fourth-order valence-corrected chi connectivity index (χ4v) is 5.46. The van der Waals surface area contributed by atoms with Gasteiger partial charge in [0.1, 0.15) is 0 Å². The van der Waals surface area contributed by atoms with Crippen molar-refractivity contribution in [2.45, 2.75) is 43.7 Å². The summed E-state index contributed by atoms with van der Waals surface area (Å²) >= 11 is 1.57. The fourth-order valence-electron chi connectivity index (χ4n) is 4.49. The number of aromatic nitrogens is 2. The maximum Gasteiger partial charge on any atom is 0.251 e. The highest BCUT2D eigenvalue weighted by Gasteiger charge is 2.38. The summed E-state index contributed by atoms with van der Waals surface area (Å²) in [5.74, 6) is 0.648. The number of nitrogens with one attached hydrogen (secondary N) is 1. The second-order valence-corrected chi connectivity index (χ2v) is 10.4. The van der Waals surface area contributed by atoms with Crippen molar-refractivity contribution in [3.8, 4) is 0 Å². The molecule has 1 fully saturated rings. The molecular formula is C31H31N3O4S. The van der Waals surface area contributed by atoms with Crippen molar-refractivity contribution < 1.29 is 19.4 Å². The number of carbonyl (C=O) groups excluding carboxylic acids is 1. The molecule has 1 aromatic heterocycles. The van der Waals surface area contributed by atoms with Crippen LogP contribution in [0.15, 0.2) is 102 Å². The minimum Gasteiger partial charge on any atom is -0.392 e. The Morgan fingerprint density at radius 2 is 1.54 bits per heavy atom. The van der Waals surface area contributed by atoms with E-state index in [1.807, 2.05) is 66.7 Å². The highest BCUT2D eigenvalue weighted by Crippen LogP contribution is 2.42. The highest BCUT2D eigenvalue weighted by atomic mass is 32.2. The Kier molecular flexibility index (Phi) is 9.00. The molecule has 1 saturated heterocycles. The second kappa shape index (κ2) is 13.0.